The predicted octanol–water partition coefficient (Wildman–Crippen LogP) is 4.39. The number of hydrogen-bond donors (Lipinski definition) is 2. The van der Waals surface area contributed by atoms with Crippen LogP contribution in [0.5, 0.6) is 0 Å². The molecule has 0 fully saturated rings. The van der Waals surface area contributed by atoms with Crippen LogP contribution in [0.2, 0.25) is 0 Å². The van der Waals surface area contributed by atoms with Crippen LogP contribution in [-0.4, -0.2) is 13.1 Å². The van der Waals surface area contributed by atoms with Crippen molar-refractivity contribution in [1.82, 2.24) is 5.32 Å². The molecule has 0 radical (unpaired) electrons. The van der Waals surface area contributed by atoms with Gasteiger partial charge in [0.15, 0.2) is 0 Å². The summed E-state index contributed by atoms with van der Waals surface area (Å²) >= 11 is 5.28. The zero-order valence-electron chi connectivity index (χ0n) is 12.3. The molecular weight excluding hydrogens is 320 g/mol. The van der Waals surface area contributed by atoms with Gasteiger partial charge in [-0.1, -0.05) is 20.8 Å². The standard InChI is InChI=1S/C15H27BrN2S/c1-15(2,3)12(6-7-17)5-4-8-18-10-14-9-13(16)11-19-14/h9,11-12,18H,4-8,10,17H2,1-3H3. The molecule has 1 aromatic heterocycles. The third kappa shape index (κ3) is 6.89. The van der Waals surface area contributed by atoms with Gasteiger partial charge in [-0.25, -0.2) is 0 Å². The van der Waals surface area contributed by atoms with Crippen molar-refractivity contribution in [2.45, 2.75) is 46.6 Å². The summed E-state index contributed by atoms with van der Waals surface area (Å²) in [5.74, 6) is 0.732. The van der Waals surface area contributed by atoms with E-state index in [-0.39, 0.29) is 0 Å². The van der Waals surface area contributed by atoms with Gasteiger partial charge in [-0.15, -0.1) is 11.3 Å². The lowest BCUT2D eigenvalue weighted by Gasteiger charge is -2.30. The van der Waals surface area contributed by atoms with Gasteiger partial charge < -0.3 is 11.1 Å². The molecule has 0 saturated heterocycles. The van der Waals surface area contributed by atoms with Crippen molar-refractivity contribution in [3.63, 3.8) is 0 Å². The molecule has 110 valence electrons. The van der Waals surface area contributed by atoms with Crippen molar-refractivity contribution in [2.24, 2.45) is 17.1 Å². The molecule has 3 N–H and O–H groups in total. The Hall–Kier alpha value is 0.1000. The second-order valence-electron chi connectivity index (χ2n) is 6.19. The fourth-order valence-corrected chi connectivity index (χ4v) is 3.76. The zero-order chi connectivity index (χ0) is 14.3. The molecule has 0 saturated carbocycles. The Morgan fingerprint density at radius 2 is 2.11 bits per heavy atom. The van der Waals surface area contributed by atoms with Crippen LogP contribution in [0.4, 0.5) is 0 Å². The molecule has 1 rings (SSSR count). The van der Waals surface area contributed by atoms with E-state index in [0.29, 0.717) is 5.41 Å². The fraction of sp³-hybridized carbons (Fsp3) is 0.733. The molecule has 0 spiro atoms. The summed E-state index contributed by atoms with van der Waals surface area (Å²) in [5, 5.41) is 5.66. The van der Waals surface area contributed by atoms with Gasteiger partial charge in [-0.2, -0.15) is 0 Å². The molecule has 1 aromatic rings. The number of hydrogen-bond acceptors (Lipinski definition) is 3. The summed E-state index contributed by atoms with van der Waals surface area (Å²) in [7, 11) is 0. The van der Waals surface area contributed by atoms with E-state index in [1.165, 1.54) is 22.2 Å². The quantitative estimate of drug-likeness (QED) is 0.685. The summed E-state index contributed by atoms with van der Waals surface area (Å²) in [5.41, 5.74) is 6.09. The average Bonchev–Trinajstić information content (AvgIpc) is 2.72. The van der Waals surface area contributed by atoms with Gasteiger partial charge in [0, 0.05) is 21.3 Å². The number of nitrogens with one attached hydrogen (secondary N) is 1. The first-order chi connectivity index (χ1) is 8.93. The topological polar surface area (TPSA) is 38.0 Å². The lowest BCUT2D eigenvalue weighted by atomic mass is 9.76. The Bertz CT molecular complexity index is 357. The molecule has 0 aliphatic heterocycles. The van der Waals surface area contributed by atoms with Gasteiger partial charge >= 0.3 is 0 Å². The van der Waals surface area contributed by atoms with E-state index in [1.807, 2.05) is 0 Å². The maximum Gasteiger partial charge on any atom is 0.0300 e. The zero-order valence-corrected chi connectivity index (χ0v) is 14.7. The first kappa shape index (κ1) is 17.2. The third-order valence-electron chi connectivity index (χ3n) is 3.57. The Kier molecular flexibility index (Phi) is 7.58. The largest absolute Gasteiger partial charge is 0.330 e. The minimum atomic E-state index is 0.373. The SMILES string of the molecule is CC(C)(C)C(CCN)CCCNCc1cc(Br)cs1. The van der Waals surface area contributed by atoms with E-state index >= 15 is 0 Å². The molecule has 0 aromatic carbocycles. The van der Waals surface area contributed by atoms with Crippen LogP contribution in [0, 0.1) is 11.3 Å². The molecule has 19 heavy (non-hydrogen) atoms. The Labute approximate surface area is 130 Å². The molecule has 1 atom stereocenters. The van der Waals surface area contributed by atoms with Crippen LogP contribution in [0.25, 0.3) is 0 Å². The van der Waals surface area contributed by atoms with Gasteiger partial charge in [-0.05, 0) is 65.7 Å². The number of rotatable bonds is 8. The number of halogens is 1. The molecule has 0 bridgehead atoms. The van der Waals surface area contributed by atoms with Crippen molar-refractivity contribution in [3.8, 4) is 0 Å². The monoisotopic (exact) mass is 346 g/mol. The first-order valence-electron chi connectivity index (χ1n) is 7.07. The van der Waals surface area contributed by atoms with Gasteiger partial charge in [0.25, 0.3) is 0 Å². The molecule has 2 nitrogen and oxygen atoms in total. The van der Waals surface area contributed by atoms with Crippen LogP contribution < -0.4 is 11.1 Å². The second-order valence-corrected chi connectivity index (χ2v) is 8.10. The van der Waals surface area contributed by atoms with E-state index in [2.05, 4.69) is 53.5 Å². The molecule has 0 amide bonds. The summed E-state index contributed by atoms with van der Waals surface area (Å²) in [6.45, 7) is 9.84. The van der Waals surface area contributed by atoms with Gasteiger partial charge in [0.05, 0.1) is 0 Å². The first-order valence-corrected chi connectivity index (χ1v) is 8.74. The van der Waals surface area contributed by atoms with Crippen LogP contribution in [0.1, 0.15) is 44.9 Å². The van der Waals surface area contributed by atoms with E-state index in [1.54, 1.807) is 11.3 Å². The van der Waals surface area contributed by atoms with Crippen LogP contribution in [0.3, 0.4) is 0 Å². The van der Waals surface area contributed by atoms with Gasteiger partial charge in [0.2, 0.25) is 0 Å². The number of thiophene rings is 1. The van der Waals surface area contributed by atoms with Gasteiger partial charge in [-0.3, -0.25) is 0 Å². The fourth-order valence-electron chi connectivity index (χ4n) is 2.34. The molecule has 0 aliphatic rings. The highest BCUT2D eigenvalue weighted by molar-refractivity contribution is 9.10. The molecule has 4 heteroatoms. The van der Waals surface area contributed by atoms with Crippen molar-refractivity contribution in [2.75, 3.05) is 13.1 Å². The Balaban J connectivity index is 2.18. The minimum Gasteiger partial charge on any atom is -0.330 e. The van der Waals surface area contributed by atoms with Crippen LogP contribution in [0.15, 0.2) is 15.9 Å². The highest BCUT2D eigenvalue weighted by atomic mass is 79.9. The maximum absolute atomic E-state index is 5.72. The maximum atomic E-state index is 5.72. The second kappa shape index (κ2) is 8.40. The smallest absolute Gasteiger partial charge is 0.0300 e. The predicted molar refractivity (Wildman–Crippen MR) is 89.6 cm³/mol. The molecular formula is C15H27BrN2S. The highest BCUT2D eigenvalue weighted by Crippen LogP contribution is 2.31. The van der Waals surface area contributed by atoms with Gasteiger partial charge in [0.1, 0.15) is 0 Å². The summed E-state index contributed by atoms with van der Waals surface area (Å²) in [6, 6.07) is 2.18. The Morgan fingerprint density at radius 1 is 1.37 bits per heavy atom. The normalized spacial score (nSPS) is 13.7. The van der Waals surface area contributed by atoms with Crippen molar-refractivity contribution >= 4 is 27.3 Å². The van der Waals surface area contributed by atoms with Crippen LogP contribution >= 0.6 is 27.3 Å². The third-order valence-corrected chi connectivity index (χ3v) is 5.26. The van der Waals surface area contributed by atoms with E-state index in [0.717, 1.165) is 32.0 Å². The summed E-state index contributed by atoms with van der Waals surface area (Å²) in [4.78, 5) is 1.39. The average molecular weight is 347 g/mol. The van der Waals surface area contributed by atoms with Crippen LogP contribution in [-0.2, 0) is 6.54 Å². The van der Waals surface area contributed by atoms with Crippen molar-refractivity contribution < 1.29 is 0 Å². The highest BCUT2D eigenvalue weighted by Gasteiger charge is 2.22. The van der Waals surface area contributed by atoms with E-state index in [9.17, 15) is 0 Å². The number of nitrogens with two attached hydrogens (primary N) is 1. The summed E-state index contributed by atoms with van der Waals surface area (Å²) < 4.78 is 1.19. The van der Waals surface area contributed by atoms with E-state index in [4.69, 9.17) is 5.73 Å². The molecule has 0 aliphatic carbocycles. The van der Waals surface area contributed by atoms with Crippen molar-refractivity contribution in [1.29, 1.82) is 0 Å². The van der Waals surface area contributed by atoms with Crippen molar-refractivity contribution in [3.05, 3.63) is 20.8 Å². The lowest BCUT2D eigenvalue weighted by Crippen LogP contribution is -2.25. The Morgan fingerprint density at radius 3 is 2.63 bits per heavy atom. The molecule has 1 heterocycles. The molecule has 1 unspecified atom stereocenters. The lowest BCUT2D eigenvalue weighted by molar-refractivity contribution is 0.210. The van der Waals surface area contributed by atoms with E-state index < -0.39 is 0 Å². The minimum absolute atomic E-state index is 0.373. The summed E-state index contributed by atoms with van der Waals surface area (Å²) in [6.07, 6.45) is 3.64.